The van der Waals surface area contributed by atoms with Crippen LogP contribution in [0, 0.1) is 6.92 Å². The van der Waals surface area contributed by atoms with Gasteiger partial charge in [0.05, 0.1) is 19.3 Å². The van der Waals surface area contributed by atoms with Crippen LogP contribution in [0.4, 0.5) is 14.5 Å². The van der Waals surface area contributed by atoms with Gasteiger partial charge >= 0.3 is 6.61 Å². The maximum Gasteiger partial charge on any atom is 0.387 e. The molecule has 0 spiro atoms. The van der Waals surface area contributed by atoms with E-state index in [0.29, 0.717) is 31.0 Å². The first-order valence-electron chi connectivity index (χ1n) is 10.3. The minimum Gasteiger partial charge on any atom is -0.493 e. The lowest BCUT2D eigenvalue weighted by molar-refractivity contribution is -0.117. The molecule has 0 radical (unpaired) electrons. The number of benzene rings is 1. The van der Waals surface area contributed by atoms with Gasteiger partial charge < -0.3 is 14.8 Å². The molecule has 0 bridgehead atoms. The second-order valence-electron chi connectivity index (χ2n) is 7.41. The molecule has 13 heteroatoms. The Kier molecular flexibility index (Phi) is 7.87. The van der Waals surface area contributed by atoms with Crippen LogP contribution in [0.1, 0.15) is 12.6 Å². The molecule has 1 amide bonds. The number of sulfonamides is 1. The first kappa shape index (κ1) is 24.9. The molecule has 1 aromatic carbocycles. The summed E-state index contributed by atoms with van der Waals surface area (Å²) in [7, 11) is -2.35. The molecule has 0 aliphatic carbocycles. The number of rotatable bonds is 9. The van der Waals surface area contributed by atoms with Crippen molar-refractivity contribution < 1.29 is 31.5 Å². The molecular formula is C20H27F2N5O5S. The van der Waals surface area contributed by atoms with E-state index in [4.69, 9.17) is 4.74 Å². The van der Waals surface area contributed by atoms with Crippen LogP contribution >= 0.6 is 0 Å². The Hall–Kier alpha value is -2.77. The van der Waals surface area contributed by atoms with E-state index in [1.165, 1.54) is 35.8 Å². The lowest BCUT2D eigenvalue weighted by atomic mass is 10.2. The summed E-state index contributed by atoms with van der Waals surface area (Å²) in [5.74, 6) is -0.396. The Bertz CT molecular complexity index is 1080. The number of amides is 1. The predicted molar refractivity (Wildman–Crippen MR) is 116 cm³/mol. The van der Waals surface area contributed by atoms with Gasteiger partial charge in [-0.05, 0) is 26.0 Å². The van der Waals surface area contributed by atoms with E-state index in [0.717, 1.165) is 0 Å². The molecule has 1 fully saturated rings. The van der Waals surface area contributed by atoms with Crippen LogP contribution in [0.2, 0.25) is 0 Å². The average Bonchev–Trinajstić information content (AvgIpc) is 3.16. The van der Waals surface area contributed by atoms with Gasteiger partial charge in [0.25, 0.3) is 0 Å². The number of aryl methyl sites for hydroxylation is 2. The minimum absolute atomic E-state index is 0.0539. The largest absolute Gasteiger partial charge is 0.493 e. The Balaban J connectivity index is 1.55. The molecule has 0 saturated carbocycles. The van der Waals surface area contributed by atoms with Crippen molar-refractivity contribution in [3.63, 3.8) is 0 Å². The van der Waals surface area contributed by atoms with Crippen molar-refractivity contribution in [1.82, 2.24) is 19.0 Å². The van der Waals surface area contributed by atoms with E-state index in [9.17, 15) is 22.0 Å². The van der Waals surface area contributed by atoms with Gasteiger partial charge in [0, 0.05) is 50.7 Å². The second-order valence-corrected chi connectivity index (χ2v) is 9.31. The van der Waals surface area contributed by atoms with Gasteiger partial charge in [0.1, 0.15) is 4.90 Å². The SMILES string of the molecule is CCn1cc(S(=O)(=O)N2CCN(CC(=O)Nc3ccc(OC(F)F)c(OC)c3)CC2)c(C)n1. The molecule has 0 atom stereocenters. The Labute approximate surface area is 191 Å². The van der Waals surface area contributed by atoms with Crippen LogP contribution in [0.15, 0.2) is 29.3 Å². The number of nitrogens with zero attached hydrogens (tertiary/aromatic N) is 4. The van der Waals surface area contributed by atoms with E-state index >= 15 is 0 Å². The summed E-state index contributed by atoms with van der Waals surface area (Å²) in [6.07, 6.45) is 1.54. The number of hydrogen-bond acceptors (Lipinski definition) is 7. The van der Waals surface area contributed by atoms with E-state index in [2.05, 4.69) is 15.2 Å². The molecule has 1 aliphatic heterocycles. The van der Waals surface area contributed by atoms with Gasteiger partial charge in [-0.15, -0.1) is 0 Å². The summed E-state index contributed by atoms with van der Waals surface area (Å²) in [5.41, 5.74) is 0.821. The van der Waals surface area contributed by atoms with Crippen LogP contribution in [0.5, 0.6) is 11.5 Å². The number of anilines is 1. The number of aromatic nitrogens is 2. The molecule has 1 N–H and O–H groups in total. The molecule has 2 heterocycles. The average molecular weight is 488 g/mol. The molecular weight excluding hydrogens is 460 g/mol. The van der Waals surface area contributed by atoms with Crippen LogP contribution in [0.3, 0.4) is 0 Å². The summed E-state index contributed by atoms with van der Waals surface area (Å²) >= 11 is 0. The second kappa shape index (κ2) is 10.4. The number of carbonyl (C=O) groups is 1. The van der Waals surface area contributed by atoms with E-state index in [1.807, 2.05) is 11.8 Å². The number of ether oxygens (including phenoxy) is 2. The third-order valence-corrected chi connectivity index (χ3v) is 7.21. The zero-order valence-electron chi connectivity index (χ0n) is 18.6. The maximum absolute atomic E-state index is 13.0. The maximum atomic E-state index is 13.0. The normalized spacial score (nSPS) is 15.6. The highest BCUT2D eigenvalue weighted by Gasteiger charge is 2.31. The minimum atomic E-state index is -3.66. The van der Waals surface area contributed by atoms with Gasteiger partial charge in [0.15, 0.2) is 11.5 Å². The van der Waals surface area contributed by atoms with E-state index in [-0.39, 0.29) is 41.9 Å². The molecule has 1 saturated heterocycles. The molecule has 33 heavy (non-hydrogen) atoms. The molecule has 1 aliphatic rings. The molecule has 1 aromatic heterocycles. The van der Waals surface area contributed by atoms with E-state index in [1.54, 1.807) is 11.6 Å². The molecule has 182 valence electrons. The highest BCUT2D eigenvalue weighted by Crippen LogP contribution is 2.31. The Morgan fingerprint density at radius 2 is 1.91 bits per heavy atom. The fourth-order valence-corrected chi connectivity index (χ4v) is 5.12. The fourth-order valence-electron chi connectivity index (χ4n) is 3.52. The van der Waals surface area contributed by atoms with Crippen molar-refractivity contribution in [3.05, 3.63) is 30.1 Å². The van der Waals surface area contributed by atoms with Crippen molar-refractivity contribution in [1.29, 1.82) is 0 Å². The lowest BCUT2D eigenvalue weighted by Crippen LogP contribution is -2.50. The lowest BCUT2D eigenvalue weighted by Gasteiger charge is -2.33. The van der Waals surface area contributed by atoms with Gasteiger partial charge in [-0.2, -0.15) is 18.2 Å². The van der Waals surface area contributed by atoms with Crippen molar-refractivity contribution in [2.24, 2.45) is 0 Å². The van der Waals surface area contributed by atoms with Crippen LogP contribution in [-0.2, 0) is 21.4 Å². The quantitative estimate of drug-likeness (QED) is 0.575. The molecule has 2 aromatic rings. The smallest absolute Gasteiger partial charge is 0.387 e. The monoisotopic (exact) mass is 487 g/mol. The van der Waals surface area contributed by atoms with Gasteiger partial charge in [0.2, 0.25) is 15.9 Å². The van der Waals surface area contributed by atoms with Gasteiger partial charge in [-0.25, -0.2) is 8.42 Å². The topological polar surface area (TPSA) is 106 Å². The zero-order chi connectivity index (χ0) is 24.2. The molecule has 0 unspecified atom stereocenters. The highest BCUT2D eigenvalue weighted by atomic mass is 32.2. The number of halogens is 2. The predicted octanol–water partition coefficient (Wildman–Crippen LogP) is 1.77. The van der Waals surface area contributed by atoms with Gasteiger partial charge in [-0.3, -0.25) is 14.4 Å². The third-order valence-electron chi connectivity index (χ3n) is 5.21. The fraction of sp³-hybridized carbons (Fsp3) is 0.500. The summed E-state index contributed by atoms with van der Waals surface area (Å²) in [6, 6.07) is 4.10. The first-order chi connectivity index (χ1) is 15.6. The Morgan fingerprint density at radius 1 is 1.21 bits per heavy atom. The number of carbonyl (C=O) groups excluding carboxylic acids is 1. The van der Waals surface area contributed by atoms with Crippen LogP contribution in [-0.4, -0.2) is 79.8 Å². The summed E-state index contributed by atoms with van der Waals surface area (Å²) in [6.45, 7) is 2.46. The number of alkyl halides is 2. The molecule has 3 rings (SSSR count). The van der Waals surface area contributed by atoms with E-state index < -0.39 is 16.6 Å². The van der Waals surface area contributed by atoms with Crippen molar-refractivity contribution in [2.45, 2.75) is 31.9 Å². The van der Waals surface area contributed by atoms with Crippen LogP contribution in [0.25, 0.3) is 0 Å². The van der Waals surface area contributed by atoms with Crippen molar-refractivity contribution in [3.8, 4) is 11.5 Å². The highest BCUT2D eigenvalue weighted by molar-refractivity contribution is 7.89. The van der Waals surface area contributed by atoms with Gasteiger partial charge in [-0.1, -0.05) is 0 Å². The Morgan fingerprint density at radius 3 is 2.48 bits per heavy atom. The zero-order valence-corrected chi connectivity index (χ0v) is 19.4. The number of piperazine rings is 1. The number of methoxy groups -OCH3 is 1. The molecule has 10 nitrogen and oxygen atoms in total. The van der Waals surface area contributed by atoms with Crippen molar-refractivity contribution >= 4 is 21.6 Å². The van der Waals surface area contributed by atoms with Crippen LogP contribution < -0.4 is 14.8 Å². The number of hydrogen-bond donors (Lipinski definition) is 1. The van der Waals surface area contributed by atoms with Crippen molar-refractivity contribution in [2.75, 3.05) is 45.2 Å². The first-order valence-corrected chi connectivity index (χ1v) is 11.8. The summed E-state index contributed by atoms with van der Waals surface area (Å²) in [4.78, 5) is 14.5. The number of nitrogens with one attached hydrogen (secondary N) is 1. The summed E-state index contributed by atoms with van der Waals surface area (Å²) in [5, 5.41) is 6.89. The third kappa shape index (κ3) is 5.97. The standard InChI is InChI=1S/C20H27F2N5O5S/c1-4-26-12-18(14(2)24-26)33(29,30)27-9-7-25(8-10-27)13-19(28)23-15-5-6-16(32-20(21)22)17(11-15)31-3/h5-6,11-12,20H,4,7-10,13H2,1-3H3,(H,23,28). The summed E-state index contributed by atoms with van der Waals surface area (Å²) < 4.78 is 63.2.